The van der Waals surface area contributed by atoms with E-state index in [-0.39, 0.29) is 30.3 Å². The van der Waals surface area contributed by atoms with Crippen LogP contribution in [0.3, 0.4) is 0 Å². The van der Waals surface area contributed by atoms with E-state index in [4.69, 9.17) is 5.73 Å². The molecule has 0 aromatic heterocycles. The maximum atomic E-state index is 12.5. The number of hydrogen-bond acceptors (Lipinski definition) is 4. The maximum absolute atomic E-state index is 12.5. The van der Waals surface area contributed by atoms with Gasteiger partial charge in [-0.05, 0) is 50.3 Å². The number of piperidine rings is 1. The molecule has 0 aliphatic carbocycles. The molecular formula is C18H28ClN3O2S. The van der Waals surface area contributed by atoms with Crippen LogP contribution in [0, 0.1) is 6.92 Å². The van der Waals surface area contributed by atoms with Gasteiger partial charge in [0.15, 0.2) is 0 Å². The van der Waals surface area contributed by atoms with Crippen LogP contribution >= 0.6 is 24.2 Å². The quantitative estimate of drug-likeness (QED) is 0.787. The van der Waals surface area contributed by atoms with Crippen molar-refractivity contribution in [2.24, 2.45) is 5.73 Å². The maximum Gasteiger partial charge on any atom is 0.253 e. The summed E-state index contributed by atoms with van der Waals surface area (Å²) in [5.74, 6) is 0.877. The van der Waals surface area contributed by atoms with Gasteiger partial charge >= 0.3 is 0 Å². The van der Waals surface area contributed by atoms with E-state index >= 15 is 0 Å². The summed E-state index contributed by atoms with van der Waals surface area (Å²) in [6.07, 6.45) is 4.25. The van der Waals surface area contributed by atoms with Gasteiger partial charge in [0.05, 0.1) is 6.04 Å². The summed E-state index contributed by atoms with van der Waals surface area (Å²) in [6, 6.07) is 7.32. The van der Waals surface area contributed by atoms with E-state index in [9.17, 15) is 9.59 Å². The first-order chi connectivity index (χ1) is 11.5. The third-order valence-electron chi connectivity index (χ3n) is 4.40. The number of benzene rings is 1. The molecule has 1 heterocycles. The van der Waals surface area contributed by atoms with Gasteiger partial charge < -0.3 is 16.0 Å². The smallest absolute Gasteiger partial charge is 0.253 e. The number of nitrogens with one attached hydrogen (secondary N) is 1. The first-order valence-corrected chi connectivity index (χ1v) is 9.81. The van der Waals surface area contributed by atoms with Crippen LogP contribution in [0.2, 0.25) is 0 Å². The van der Waals surface area contributed by atoms with Crippen molar-refractivity contribution in [3.63, 3.8) is 0 Å². The van der Waals surface area contributed by atoms with E-state index in [1.54, 1.807) is 11.8 Å². The van der Waals surface area contributed by atoms with Gasteiger partial charge in [-0.25, -0.2) is 0 Å². The topological polar surface area (TPSA) is 75.4 Å². The molecule has 7 heteroatoms. The average Bonchev–Trinajstić information content (AvgIpc) is 2.60. The lowest BCUT2D eigenvalue weighted by Crippen LogP contribution is -2.50. The molecule has 25 heavy (non-hydrogen) atoms. The minimum Gasteiger partial charge on any atom is -0.352 e. The van der Waals surface area contributed by atoms with Crippen molar-refractivity contribution in [2.45, 2.75) is 38.3 Å². The SMILES string of the molecule is CSCC[C@H](N)C(=O)NC1CCN(C(=O)c2ccc(C)cc2)CC1.Cl. The van der Waals surface area contributed by atoms with Crippen molar-refractivity contribution < 1.29 is 9.59 Å². The Morgan fingerprint density at radius 1 is 1.28 bits per heavy atom. The number of amides is 2. The predicted octanol–water partition coefficient (Wildman–Crippen LogP) is 2.22. The Morgan fingerprint density at radius 3 is 2.44 bits per heavy atom. The fourth-order valence-electron chi connectivity index (χ4n) is 2.79. The van der Waals surface area contributed by atoms with Gasteiger partial charge in [-0.2, -0.15) is 11.8 Å². The van der Waals surface area contributed by atoms with Crippen LogP contribution in [0.25, 0.3) is 0 Å². The first-order valence-electron chi connectivity index (χ1n) is 8.42. The fourth-order valence-corrected chi connectivity index (χ4v) is 3.28. The van der Waals surface area contributed by atoms with Crippen LogP contribution in [0.15, 0.2) is 24.3 Å². The molecule has 3 N–H and O–H groups in total. The Balaban J connectivity index is 0.00000312. The van der Waals surface area contributed by atoms with Gasteiger partial charge in [-0.3, -0.25) is 9.59 Å². The number of carbonyl (C=O) groups excluding carboxylic acids is 2. The molecule has 0 unspecified atom stereocenters. The Kier molecular flexibility index (Phi) is 9.32. The minimum absolute atomic E-state index is 0. The van der Waals surface area contributed by atoms with Crippen LogP contribution in [0.1, 0.15) is 35.2 Å². The lowest BCUT2D eigenvalue weighted by atomic mass is 10.0. The number of hydrogen-bond donors (Lipinski definition) is 2. The van der Waals surface area contributed by atoms with Crippen molar-refractivity contribution in [1.29, 1.82) is 0 Å². The summed E-state index contributed by atoms with van der Waals surface area (Å²) in [4.78, 5) is 26.4. The van der Waals surface area contributed by atoms with Gasteiger partial charge in [0.2, 0.25) is 5.91 Å². The second-order valence-electron chi connectivity index (χ2n) is 6.33. The zero-order valence-electron chi connectivity index (χ0n) is 14.9. The van der Waals surface area contributed by atoms with Crippen molar-refractivity contribution in [3.8, 4) is 0 Å². The van der Waals surface area contributed by atoms with Gasteiger partial charge in [-0.1, -0.05) is 17.7 Å². The highest BCUT2D eigenvalue weighted by atomic mass is 35.5. The molecule has 2 amide bonds. The molecular weight excluding hydrogens is 358 g/mol. The molecule has 2 rings (SSSR count). The number of carbonyl (C=O) groups is 2. The lowest BCUT2D eigenvalue weighted by molar-refractivity contribution is -0.123. The van der Waals surface area contributed by atoms with Crippen molar-refractivity contribution in [1.82, 2.24) is 10.2 Å². The standard InChI is InChI=1S/C18H27N3O2S.ClH/c1-13-3-5-14(6-4-13)18(23)21-10-7-15(8-11-21)20-17(22)16(19)9-12-24-2;/h3-6,15-16H,7-12,19H2,1-2H3,(H,20,22);1H/t16-;/m0./s1. The molecule has 0 spiro atoms. The summed E-state index contributed by atoms with van der Waals surface area (Å²) in [7, 11) is 0. The summed E-state index contributed by atoms with van der Waals surface area (Å²) in [5.41, 5.74) is 7.76. The summed E-state index contributed by atoms with van der Waals surface area (Å²) in [5, 5.41) is 3.02. The normalized spacial score (nSPS) is 16.0. The van der Waals surface area contributed by atoms with Crippen LogP contribution in [0.5, 0.6) is 0 Å². The van der Waals surface area contributed by atoms with Gasteiger partial charge in [0, 0.05) is 24.7 Å². The highest BCUT2D eigenvalue weighted by Crippen LogP contribution is 2.15. The first kappa shape index (κ1) is 21.8. The van der Waals surface area contributed by atoms with Crippen molar-refractivity contribution in [2.75, 3.05) is 25.1 Å². The molecule has 1 atom stereocenters. The molecule has 0 radical (unpaired) electrons. The third-order valence-corrected chi connectivity index (χ3v) is 5.04. The van der Waals surface area contributed by atoms with E-state index in [0.717, 1.165) is 29.7 Å². The average molecular weight is 386 g/mol. The summed E-state index contributed by atoms with van der Waals surface area (Å²) < 4.78 is 0. The number of nitrogens with zero attached hydrogens (tertiary/aromatic N) is 1. The molecule has 0 bridgehead atoms. The highest BCUT2D eigenvalue weighted by Gasteiger charge is 2.25. The molecule has 1 aliphatic heterocycles. The zero-order chi connectivity index (χ0) is 17.5. The van der Waals surface area contributed by atoms with Gasteiger partial charge in [-0.15, -0.1) is 12.4 Å². The van der Waals surface area contributed by atoms with E-state index in [1.807, 2.05) is 42.3 Å². The second-order valence-corrected chi connectivity index (χ2v) is 7.31. The number of thioether (sulfide) groups is 1. The molecule has 1 aromatic rings. The van der Waals surface area contributed by atoms with E-state index in [0.29, 0.717) is 19.5 Å². The Morgan fingerprint density at radius 2 is 1.88 bits per heavy atom. The van der Waals surface area contributed by atoms with Crippen LogP contribution in [-0.4, -0.2) is 53.9 Å². The predicted molar refractivity (Wildman–Crippen MR) is 106 cm³/mol. The molecule has 1 fully saturated rings. The van der Waals surface area contributed by atoms with Crippen molar-refractivity contribution in [3.05, 3.63) is 35.4 Å². The Bertz CT molecular complexity index is 560. The lowest BCUT2D eigenvalue weighted by Gasteiger charge is -2.33. The minimum atomic E-state index is -0.440. The van der Waals surface area contributed by atoms with E-state index in [2.05, 4.69) is 5.32 Å². The largest absolute Gasteiger partial charge is 0.352 e. The molecule has 5 nitrogen and oxygen atoms in total. The van der Waals surface area contributed by atoms with E-state index < -0.39 is 6.04 Å². The number of rotatable bonds is 6. The fraction of sp³-hybridized carbons (Fsp3) is 0.556. The molecule has 1 aliphatic rings. The Labute approximate surface area is 160 Å². The number of likely N-dealkylation sites (tertiary alicyclic amines) is 1. The molecule has 140 valence electrons. The third kappa shape index (κ3) is 6.53. The monoisotopic (exact) mass is 385 g/mol. The number of halogens is 1. The summed E-state index contributed by atoms with van der Waals surface area (Å²) in [6.45, 7) is 3.34. The molecule has 1 saturated heterocycles. The highest BCUT2D eigenvalue weighted by molar-refractivity contribution is 7.98. The van der Waals surface area contributed by atoms with Crippen LogP contribution in [0.4, 0.5) is 0 Å². The second kappa shape index (κ2) is 10.7. The van der Waals surface area contributed by atoms with Crippen LogP contribution < -0.4 is 11.1 Å². The van der Waals surface area contributed by atoms with Crippen LogP contribution in [-0.2, 0) is 4.79 Å². The van der Waals surface area contributed by atoms with Gasteiger partial charge in [0.1, 0.15) is 0 Å². The molecule has 0 saturated carbocycles. The zero-order valence-corrected chi connectivity index (χ0v) is 16.5. The number of nitrogens with two attached hydrogens (primary N) is 1. The number of aryl methyl sites for hydroxylation is 1. The van der Waals surface area contributed by atoms with Gasteiger partial charge in [0.25, 0.3) is 5.91 Å². The Hall–Kier alpha value is -1.24. The summed E-state index contributed by atoms with van der Waals surface area (Å²) >= 11 is 1.69. The van der Waals surface area contributed by atoms with E-state index in [1.165, 1.54) is 0 Å². The molecule has 1 aromatic carbocycles. The van der Waals surface area contributed by atoms with Crippen molar-refractivity contribution >= 4 is 36.0 Å².